The van der Waals surface area contributed by atoms with E-state index in [4.69, 9.17) is 9.47 Å². The zero-order chi connectivity index (χ0) is 22.8. The van der Waals surface area contributed by atoms with Crippen LogP contribution in [0.3, 0.4) is 0 Å². The van der Waals surface area contributed by atoms with E-state index in [1.807, 2.05) is 55.5 Å². The van der Waals surface area contributed by atoms with Crippen molar-refractivity contribution in [2.75, 3.05) is 13.2 Å². The van der Waals surface area contributed by atoms with Gasteiger partial charge >= 0.3 is 0 Å². The molecule has 1 aliphatic rings. The second-order valence-electron chi connectivity index (χ2n) is 7.94. The highest BCUT2D eigenvalue weighted by Gasteiger charge is 2.20. The van der Waals surface area contributed by atoms with E-state index in [1.54, 1.807) is 24.3 Å². The van der Waals surface area contributed by atoms with E-state index in [0.717, 1.165) is 11.1 Å². The Balaban J connectivity index is 1.47. The predicted octanol–water partition coefficient (Wildman–Crippen LogP) is 3.71. The van der Waals surface area contributed by atoms with Gasteiger partial charge in [0.25, 0.3) is 11.5 Å². The van der Waals surface area contributed by atoms with Crippen molar-refractivity contribution >= 4 is 16.7 Å². The minimum atomic E-state index is -0.351. The zero-order valence-electron chi connectivity index (χ0n) is 18.2. The van der Waals surface area contributed by atoms with E-state index in [-0.39, 0.29) is 29.7 Å². The maximum atomic E-state index is 13.3. The predicted molar refractivity (Wildman–Crippen MR) is 125 cm³/mol. The van der Waals surface area contributed by atoms with E-state index in [2.05, 4.69) is 10.4 Å². The zero-order valence-corrected chi connectivity index (χ0v) is 18.2. The molecular weight excluding hydrogens is 418 g/mol. The van der Waals surface area contributed by atoms with Crippen LogP contribution in [0, 0.1) is 0 Å². The maximum absolute atomic E-state index is 13.3. The topological polar surface area (TPSA) is 82.5 Å². The van der Waals surface area contributed by atoms with E-state index in [0.29, 0.717) is 35.5 Å². The molecule has 1 aliphatic heterocycles. The van der Waals surface area contributed by atoms with Gasteiger partial charge in [-0.25, -0.2) is 4.68 Å². The Labute approximate surface area is 190 Å². The van der Waals surface area contributed by atoms with Crippen LogP contribution in [0.4, 0.5) is 0 Å². The lowest BCUT2D eigenvalue weighted by Crippen LogP contribution is -2.32. The maximum Gasteiger partial charge on any atom is 0.274 e. The first-order valence-corrected chi connectivity index (χ1v) is 10.8. The van der Waals surface area contributed by atoms with E-state index < -0.39 is 0 Å². The van der Waals surface area contributed by atoms with Crippen LogP contribution in [0.5, 0.6) is 11.5 Å². The Morgan fingerprint density at radius 3 is 2.45 bits per heavy atom. The molecule has 7 nitrogen and oxygen atoms in total. The number of hydrogen-bond acceptors (Lipinski definition) is 5. The summed E-state index contributed by atoms with van der Waals surface area (Å²) >= 11 is 0. The molecule has 5 rings (SSSR count). The quantitative estimate of drug-likeness (QED) is 0.511. The fourth-order valence-corrected chi connectivity index (χ4v) is 3.94. The summed E-state index contributed by atoms with van der Waals surface area (Å²) in [6.45, 7) is 3.19. The summed E-state index contributed by atoms with van der Waals surface area (Å²) in [6.07, 6.45) is 0. The van der Waals surface area contributed by atoms with Crippen molar-refractivity contribution in [1.29, 1.82) is 0 Å². The lowest BCUT2D eigenvalue weighted by molar-refractivity contribution is 0.0934. The van der Waals surface area contributed by atoms with Crippen LogP contribution < -0.4 is 20.3 Å². The van der Waals surface area contributed by atoms with Gasteiger partial charge in [-0.2, -0.15) is 5.10 Å². The number of carbonyl (C=O) groups is 1. The molecule has 1 atom stereocenters. The van der Waals surface area contributed by atoms with Crippen LogP contribution in [-0.4, -0.2) is 28.9 Å². The molecule has 1 N–H and O–H groups in total. The standard InChI is InChI=1S/C26H23N3O4/c1-17(19-11-12-22-23(15-19)33-14-13-32-22)27-25(30)24-20-9-5-6-10-21(20)26(31)29(28-24)16-18-7-3-2-4-8-18/h2-12,15,17H,13-14,16H2,1H3,(H,27,30)/t17-/m1/s1. The molecule has 0 unspecified atom stereocenters. The van der Waals surface area contributed by atoms with Gasteiger partial charge in [0.1, 0.15) is 13.2 Å². The SMILES string of the molecule is C[C@@H](NC(=O)c1nn(Cc2ccccc2)c(=O)c2ccccc12)c1ccc2c(c1)OCCO2. The Hall–Kier alpha value is -4.13. The lowest BCUT2D eigenvalue weighted by Gasteiger charge is -2.21. The molecule has 0 fully saturated rings. The molecule has 0 radical (unpaired) electrons. The van der Waals surface area contributed by atoms with Gasteiger partial charge in [-0.15, -0.1) is 0 Å². The minimum absolute atomic E-state index is 0.213. The highest BCUT2D eigenvalue weighted by atomic mass is 16.6. The van der Waals surface area contributed by atoms with E-state index in [1.165, 1.54) is 4.68 Å². The number of ether oxygens (including phenoxy) is 2. The second-order valence-corrected chi connectivity index (χ2v) is 7.94. The van der Waals surface area contributed by atoms with Crippen LogP contribution in [0.15, 0.2) is 77.6 Å². The third-order valence-corrected chi connectivity index (χ3v) is 5.67. The fraction of sp³-hybridized carbons (Fsp3) is 0.192. The molecule has 3 aromatic carbocycles. The molecule has 0 aliphatic carbocycles. The number of amides is 1. The Morgan fingerprint density at radius 2 is 1.67 bits per heavy atom. The molecule has 2 heterocycles. The first kappa shape index (κ1) is 20.8. The van der Waals surface area contributed by atoms with Crippen LogP contribution in [0.1, 0.15) is 34.6 Å². The highest BCUT2D eigenvalue weighted by molar-refractivity contribution is 6.04. The highest BCUT2D eigenvalue weighted by Crippen LogP contribution is 2.32. The number of hydrogen-bond donors (Lipinski definition) is 1. The molecule has 4 aromatic rings. The summed E-state index contributed by atoms with van der Waals surface area (Å²) in [6, 6.07) is 22.0. The van der Waals surface area contributed by atoms with Gasteiger partial charge in [-0.3, -0.25) is 9.59 Å². The first-order chi connectivity index (χ1) is 16.1. The van der Waals surface area contributed by atoms with Crippen LogP contribution in [0.2, 0.25) is 0 Å². The molecule has 0 spiro atoms. The molecule has 0 saturated carbocycles. The third-order valence-electron chi connectivity index (χ3n) is 5.67. The Kier molecular flexibility index (Phi) is 5.52. The second kappa shape index (κ2) is 8.78. The van der Waals surface area contributed by atoms with Crippen molar-refractivity contribution < 1.29 is 14.3 Å². The van der Waals surface area contributed by atoms with Gasteiger partial charge in [0.05, 0.1) is 18.0 Å². The Bertz CT molecular complexity index is 1380. The Morgan fingerprint density at radius 1 is 0.970 bits per heavy atom. The van der Waals surface area contributed by atoms with Crippen molar-refractivity contribution in [3.05, 3.63) is 100.0 Å². The van der Waals surface area contributed by atoms with Crippen molar-refractivity contribution in [3.63, 3.8) is 0 Å². The number of rotatable bonds is 5. The van der Waals surface area contributed by atoms with Crippen LogP contribution in [0.25, 0.3) is 10.8 Å². The molecule has 0 bridgehead atoms. The summed E-state index contributed by atoms with van der Waals surface area (Å²) in [5.41, 5.74) is 1.80. The fourth-order valence-electron chi connectivity index (χ4n) is 3.94. The van der Waals surface area contributed by atoms with Crippen molar-refractivity contribution in [3.8, 4) is 11.5 Å². The number of nitrogens with one attached hydrogen (secondary N) is 1. The van der Waals surface area contributed by atoms with E-state index in [9.17, 15) is 9.59 Å². The molecule has 7 heteroatoms. The largest absolute Gasteiger partial charge is 0.486 e. The van der Waals surface area contributed by atoms with Gasteiger partial charge in [0.2, 0.25) is 0 Å². The molecule has 33 heavy (non-hydrogen) atoms. The van der Waals surface area contributed by atoms with Crippen LogP contribution in [-0.2, 0) is 6.54 Å². The van der Waals surface area contributed by atoms with Gasteiger partial charge in [-0.05, 0) is 36.2 Å². The number of aromatic nitrogens is 2. The van der Waals surface area contributed by atoms with Crippen molar-refractivity contribution in [2.45, 2.75) is 19.5 Å². The normalized spacial score (nSPS) is 13.5. The van der Waals surface area contributed by atoms with E-state index >= 15 is 0 Å². The smallest absolute Gasteiger partial charge is 0.274 e. The summed E-state index contributed by atoms with van der Waals surface area (Å²) in [5.74, 6) is 1.01. The summed E-state index contributed by atoms with van der Waals surface area (Å²) in [4.78, 5) is 26.3. The molecule has 1 amide bonds. The van der Waals surface area contributed by atoms with Gasteiger partial charge < -0.3 is 14.8 Å². The summed E-state index contributed by atoms with van der Waals surface area (Å²) < 4.78 is 12.6. The monoisotopic (exact) mass is 441 g/mol. The molecule has 0 saturated heterocycles. The van der Waals surface area contributed by atoms with Gasteiger partial charge in [-0.1, -0.05) is 54.6 Å². The first-order valence-electron chi connectivity index (χ1n) is 10.8. The minimum Gasteiger partial charge on any atom is -0.486 e. The number of benzene rings is 3. The number of carbonyl (C=O) groups excluding carboxylic acids is 1. The summed E-state index contributed by atoms with van der Waals surface area (Å²) in [7, 11) is 0. The molecule has 1 aromatic heterocycles. The molecular formula is C26H23N3O4. The third kappa shape index (κ3) is 4.17. The van der Waals surface area contributed by atoms with Gasteiger partial charge in [0.15, 0.2) is 17.2 Å². The average molecular weight is 441 g/mol. The number of nitrogens with zero attached hydrogens (tertiary/aromatic N) is 2. The summed E-state index contributed by atoms with van der Waals surface area (Å²) in [5, 5.41) is 8.45. The van der Waals surface area contributed by atoms with Gasteiger partial charge in [0, 0.05) is 5.39 Å². The number of fused-ring (bicyclic) bond motifs is 2. The average Bonchev–Trinajstić information content (AvgIpc) is 2.86. The van der Waals surface area contributed by atoms with Crippen molar-refractivity contribution in [2.24, 2.45) is 0 Å². The van der Waals surface area contributed by atoms with Crippen molar-refractivity contribution in [1.82, 2.24) is 15.1 Å². The van der Waals surface area contributed by atoms with Crippen LogP contribution >= 0.6 is 0 Å². The lowest BCUT2D eigenvalue weighted by atomic mass is 10.1. The molecule has 166 valence electrons.